The Morgan fingerprint density at radius 1 is 1.15 bits per heavy atom. The third-order valence-electron chi connectivity index (χ3n) is 3.14. The van der Waals surface area contributed by atoms with Crippen LogP contribution in [-0.4, -0.2) is 13.0 Å². The molecule has 0 saturated heterocycles. The molecular formula is C16H15N3O. The van der Waals surface area contributed by atoms with E-state index in [0.717, 1.165) is 5.56 Å². The Hall–Kier alpha value is -2.64. The van der Waals surface area contributed by atoms with Crippen LogP contribution in [0.15, 0.2) is 54.6 Å². The third-order valence-corrected chi connectivity index (χ3v) is 3.14. The van der Waals surface area contributed by atoms with Crippen molar-refractivity contribution in [3.8, 4) is 6.07 Å². The van der Waals surface area contributed by atoms with E-state index < -0.39 is 6.04 Å². The largest absolute Gasteiger partial charge is 0.316 e. The van der Waals surface area contributed by atoms with E-state index >= 15 is 0 Å². The summed E-state index contributed by atoms with van der Waals surface area (Å²) in [6, 6.07) is 17.4. The molecule has 0 aliphatic heterocycles. The molecule has 4 nitrogen and oxygen atoms in total. The van der Waals surface area contributed by atoms with Gasteiger partial charge >= 0.3 is 0 Å². The first-order chi connectivity index (χ1) is 9.63. The van der Waals surface area contributed by atoms with Crippen LogP contribution < -0.4 is 10.6 Å². The Bertz CT molecular complexity index is 629. The van der Waals surface area contributed by atoms with E-state index in [1.165, 1.54) is 4.90 Å². The van der Waals surface area contributed by atoms with Crippen LogP contribution in [0.1, 0.15) is 17.2 Å². The molecular weight excluding hydrogens is 250 g/mol. The van der Waals surface area contributed by atoms with Gasteiger partial charge in [-0.25, -0.2) is 0 Å². The smallest absolute Gasteiger partial charge is 0.248 e. The molecule has 0 aliphatic rings. The van der Waals surface area contributed by atoms with Crippen LogP contribution in [0.5, 0.6) is 0 Å². The van der Waals surface area contributed by atoms with Crippen molar-refractivity contribution in [1.82, 2.24) is 0 Å². The summed E-state index contributed by atoms with van der Waals surface area (Å²) in [4.78, 5) is 13.8. The van der Waals surface area contributed by atoms with Gasteiger partial charge in [0.1, 0.15) is 6.04 Å². The van der Waals surface area contributed by atoms with Crippen LogP contribution in [0.3, 0.4) is 0 Å². The fourth-order valence-corrected chi connectivity index (χ4v) is 1.90. The monoisotopic (exact) mass is 265 g/mol. The molecule has 1 amide bonds. The van der Waals surface area contributed by atoms with Gasteiger partial charge in [0, 0.05) is 12.7 Å². The zero-order valence-electron chi connectivity index (χ0n) is 11.2. The number of hydrogen-bond acceptors (Lipinski definition) is 3. The van der Waals surface area contributed by atoms with Crippen LogP contribution in [0.4, 0.5) is 5.69 Å². The van der Waals surface area contributed by atoms with Gasteiger partial charge < -0.3 is 10.6 Å². The first-order valence-corrected chi connectivity index (χ1v) is 6.21. The number of carbonyl (C=O) groups excluding carboxylic acids is 1. The van der Waals surface area contributed by atoms with E-state index in [2.05, 4.69) is 0 Å². The van der Waals surface area contributed by atoms with Gasteiger partial charge in [-0.1, -0.05) is 30.3 Å². The topological polar surface area (TPSA) is 70.1 Å². The van der Waals surface area contributed by atoms with Crippen molar-refractivity contribution < 1.29 is 4.79 Å². The second-order valence-corrected chi connectivity index (χ2v) is 4.44. The Morgan fingerprint density at radius 2 is 1.75 bits per heavy atom. The first-order valence-electron chi connectivity index (χ1n) is 6.21. The highest BCUT2D eigenvalue weighted by molar-refractivity contribution is 5.97. The van der Waals surface area contributed by atoms with Gasteiger partial charge in [-0.3, -0.25) is 4.79 Å². The number of amides is 1. The minimum absolute atomic E-state index is 0.194. The van der Waals surface area contributed by atoms with Crippen LogP contribution in [0, 0.1) is 11.3 Å². The predicted octanol–water partition coefficient (Wildman–Crippen LogP) is 2.22. The number of rotatable bonds is 3. The number of nitrogens with zero attached hydrogens (tertiary/aromatic N) is 2. The van der Waals surface area contributed by atoms with Crippen LogP contribution in [0.2, 0.25) is 0 Å². The Kier molecular flexibility index (Phi) is 4.14. The molecule has 20 heavy (non-hydrogen) atoms. The number of anilines is 1. The molecule has 0 saturated carbocycles. The van der Waals surface area contributed by atoms with Crippen LogP contribution >= 0.6 is 0 Å². The highest BCUT2D eigenvalue weighted by Gasteiger charge is 2.20. The number of nitrogens with two attached hydrogens (primary N) is 1. The molecule has 2 rings (SSSR count). The molecule has 1 atom stereocenters. The molecule has 4 heteroatoms. The fraction of sp³-hybridized carbons (Fsp3) is 0.125. The van der Waals surface area contributed by atoms with E-state index in [4.69, 9.17) is 11.0 Å². The molecule has 0 fully saturated rings. The van der Waals surface area contributed by atoms with Gasteiger partial charge in [-0.15, -0.1) is 0 Å². The third kappa shape index (κ3) is 2.85. The van der Waals surface area contributed by atoms with Crippen molar-refractivity contribution in [1.29, 1.82) is 5.26 Å². The summed E-state index contributed by atoms with van der Waals surface area (Å²) in [7, 11) is 1.67. The van der Waals surface area contributed by atoms with Crippen molar-refractivity contribution in [2.24, 2.45) is 5.73 Å². The highest BCUT2D eigenvalue weighted by Crippen LogP contribution is 2.18. The Morgan fingerprint density at radius 3 is 2.30 bits per heavy atom. The lowest BCUT2D eigenvalue weighted by Crippen LogP contribution is -2.35. The maximum atomic E-state index is 12.3. The van der Waals surface area contributed by atoms with Crippen LogP contribution in [0.25, 0.3) is 0 Å². The van der Waals surface area contributed by atoms with Gasteiger partial charge in [0.25, 0.3) is 0 Å². The zero-order valence-corrected chi connectivity index (χ0v) is 11.2. The lowest BCUT2D eigenvalue weighted by molar-refractivity contribution is -0.119. The Balaban J connectivity index is 2.18. The number of hydrogen-bond donors (Lipinski definition) is 1. The van der Waals surface area contributed by atoms with Gasteiger partial charge in [0.2, 0.25) is 5.91 Å². The molecule has 0 radical (unpaired) electrons. The molecule has 0 unspecified atom stereocenters. The van der Waals surface area contributed by atoms with E-state index in [1.807, 2.05) is 36.4 Å². The SMILES string of the molecule is CN(C(=O)[C@H](N)c1ccccc1)c1ccc(C#N)cc1. The van der Waals surface area contributed by atoms with Crippen molar-refractivity contribution in [3.63, 3.8) is 0 Å². The maximum Gasteiger partial charge on any atom is 0.248 e. The van der Waals surface area contributed by atoms with E-state index in [9.17, 15) is 4.79 Å². The number of carbonyl (C=O) groups is 1. The second kappa shape index (κ2) is 6.00. The average Bonchev–Trinajstić information content (AvgIpc) is 2.53. The van der Waals surface area contributed by atoms with Crippen molar-refractivity contribution in [2.75, 3.05) is 11.9 Å². The molecule has 0 bridgehead atoms. The first kappa shape index (κ1) is 13.8. The van der Waals surface area contributed by atoms with Gasteiger partial charge in [-0.05, 0) is 29.8 Å². The van der Waals surface area contributed by atoms with Crippen LogP contribution in [-0.2, 0) is 4.79 Å². The summed E-state index contributed by atoms with van der Waals surface area (Å²) in [5.74, 6) is -0.194. The zero-order chi connectivity index (χ0) is 14.5. The van der Waals surface area contributed by atoms with Crippen molar-refractivity contribution in [3.05, 3.63) is 65.7 Å². The molecule has 0 heterocycles. The summed E-state index contributed by atoms with van der Waals surface area (Å²) >= 11 is 0. The summed E-state index contributed by atoms with van der Waals surface area (Å²) < 4.78 is 0. The standard InChI is InChI=1S/C16H15N3O/c1-19(14-9-7-12(11-17)8-10-14)16(20)15(18)13-5-3-2-4-6-13/h2-10,15H,18H2,1H3/t15-/m1/s1. The van der Waals surface area contributed by atoms with Gasteiger partial charge in [-0.2, -0.15) is 5.26 Å². The molecule has 2 aromatic rings. The van der Waals surface area contributed by atoms with Crippen molar-refractivity contribution in [2.45, 2.75) is 6.04 Å². The lowest BCUT2D eigenvalue weighted by Gasteiger charge is -2.21. The summed E-state index contributed by atoms with van der Waals surface area (Å²) in [6.07, 6.45) is 0. The average molecular weight is 265 g/mol. The maximum absolute atomic E-state index is 12.3. The minimum atomic E-state index is -0.697. The van der Waals surface area contributed by atoms with Crippen molar-refractivity contribution >= 4 is 11.6 Å². The normalized spacial score (nSPS) is 11.4. The quantitative estimate of drug-likeness (QED) is 0.925. The van der Waals surface area contributed by atoms with E-state index in [1.54, 1.807) is 31.3 Å². The fourth-order valence-electron chi connectivity index (χ4n) is 1.90. The minimum Gasteiger partial charge on any atom is -0.316 e. The second-order valence-electron chi connectivity index (χ2n) is 4.44. The summed E-state index contributed by atoms with van der Waals surface area (Å²) in [5.41, 5.74) is 8.03. The predicted molar refractivity (Wildman–Crippen MR) is 77.9 cm³/mol. The molecule has 0 aliphatic carbocycles. The van der Waals surface area contributed by atoms with E-state index in [-0.39, 0.29) is 5.91 Å². The molecule has 0 spiro atoms. The number of benzene rings is 2. The molecule has 100 valence electrons. The molecule has 2 aromatic carbocycles. The summed E-state index contributed by atoms with van der Waals surface area (Å²) in [6.45, 7) is 0. The molecule has 0 aromatic heterocycles. The summed E-state index contributed by atoms with van der Waals surface area (Å²) in [5, 5.41) is 8.76. The number of nitriles is 1. The Labute approximate surface area is 118 Å². The number of likely N-dealkylation sites (N-methyl/N-ethyl adjacent to an activating group) is 1. The van der Waals surface area contributed by atoms with Gasteiger partial charge in [0.05, 0.1) is 11.6 Å². The highest BCUT2D eigenvalue weighted by atomic mass is 16.2. The molecule has 2 N–H and O–H groups in total. The van der Waals surface area contributed by atoms with Gasteiger partial charge in [0.15, 0.2) is 0 Å². The van der Waals surface area contributed by atoms with E-state index in [0.29, 0.717) is 11.3 Å². The lowest BCUT2D eigenvalue weighted by atomic mass is 10.1.